The topological polar surface area (TPSA) is 49.9 Å². The minimum Gasteiger partial charge on any atom is -0.444 e. The summed E-state index contributed by atoms with van der Waals surface area (Å²) in [6.07, 6.45) is 4.30. The number of hydrogen-bond donors (Lipinski definition) is 0. The van der Waals surface area contributed by atoms with Crippen molar-refractivity contribution in [2.45, 2.75) is 65.4 Å². The maximum Gasteiger partial charge on any atom is 0.410 e. The number of Topliss-reactive ketones (excluding diaryl/α,β-unsaturated/α-hetero) is 1. The molecule has 134 valence electrons. The Kier molecular flexibility index (Phi) is 8.03. The van der Waals surface area contributed by atoms with Crippen LogP contribution in [0.3, 0.4) is 0 Å². The molecule has 1 amide bonds. The van der Waals surface area contributed by atoms with Gasteiger partial charge in [-0.3, -0.25) is 4.79 Å². The first kappa shape index (κ1) is 19.9. The van der Waals surface area contributed by atoms with Gasteiger partial charge in [-0.15, -0.1) is 0 Å². The summed E-state index contributed by atoms with van der Waals surface area (Å²) < 4.78 is 5.39. The molecule has 0 atom stereocenters. The maximum atomic E-state index is 12.0. The van der Waals surface area contributed by atoms with Crippen molar-refractivity contribution < 1.29 is 14.3 Å². The first-order valence-corrected chi connectivity index (χ1v) is 8.89. The Balaban J connectivity index is 2.23. The summed E-state index contributed by atoms with van der Waals surface area (Å²) in [5, 5.41) is 0. The Morgan fingerprint density at radius 3 is 2.35 bits per heavy atom. The first-order chi connectivity index (χ1) is 10.7. The van der Waals surface area contributed by atoms with Crippen LogP contribution in [-0.2, 0) is 9.53 Å². The molecule has 0 unspecified atom stereocenters. The molecule has 1 rings (SSSR count). The van der Waals surface area contributed by atoms with E-state index in [1.165, 1.54) is 0 Å². The predicted molar refractivity (Wildman–Crippen MR) is 92.6 cm³/mol. The summed E-state index contributed by atoms with van der Waals surface area (Å²) in [7, 11) is 1.82. The number of likely N-dealkylation sites (tertiary alicyclic amines) is 1. The second-order valence-corrected chi connectivity index (χ2v) is 7.64. The molecule has 23 heavy (non-hydrogen) atoms. The number of nitrogens with zero attached hydrogens (tertiary/aromatic N) is 2. The predicted octanol–water partition coefficient (Wildman–Crippen LogP) is 3.32. The molecular weight excluding hydrogens is 292 g/mol. The summed E-state index contributed by atoms with van der Waals surface area (Å²) in [6, 6.07) is 0. The zero-order valence-electron chi connectivity index (χ0n) is 15.6. The van der Waals surface area contributed by atoms with Crippen LogP contribution >= 0.6 is 0 Å². The van der Waals surface area contributed by atoms with Gasteiger partial charge in [-0.05, 0) is 65.6 Å². The molecule has 1 fully saturated rings. The van der Waals surface area contributed by atoms with Gasteiger partial charge < -0.3 is 14.5 Å². The highest BCUT2D eigenvalue weighted by Crippen LogP contribution is 2.19. The molecule has 0 bridgehead atoms. The molecule has 0 aromatic heterocycles. The fraction of sp³-hybridized carbons (Fsp3) is 0.889. The molecule has 0 aliphatic carbocycles. The number of rotatable bonds is 7. The average Bonchev–Trinajstić information content (AvgIpc) is 2.47. The van der Waals surface area contributed by atoms with Crippen LogP contribution in [0.2, 0.25) is 0 Å². The molecule has 0 aromatic rings. The van der Waals surface area contributed by atoms with Crippen LogP contribution in [0.25, 0.3) is 0 Å². The van der Waals surface area contributed by atoms with Gasteiger partial charge in [0.1, 0.15) is 11.4 Å². The molecule has 0 spiro atoms. The van der Waals surface area contributed by atoms with E-state index in [4.69, 9.17) is 4.74 Å². The van der Waals surface area contributed by atoms with Crippen LogP contribution in [0.15, 0.2) is 0 Å². The SMILES string of the molecule is CCC(=O)CCCN1CCC(CN(C)C(=O)OC(C)(C)C)CC1. The average molecular weight is 326 g/mol. The van der Waals surface area contributed by atoms with Crippen LogP contribution in [0, 0.1) is 5.92 Å². The summed E-state index contributed by atoms with van der Waals surface area (Å²) in [6.45, 7) is 11.5. The summed E-state index contributed by atoms with van der Waals surface area (Å²) in [5.41, 5.74) is -0.440. The number of amides is 1. The van der Waals surface area contributed by atoms with Gasteiger partial charge in [-0.25, -0.2) is 4.79 Å². The van der Waals surface area contributed by atoms with E-state index in [0.29, 0.717) is 24.5 Å². The fourth-order valence-corrected chi connectivity index (χ4v) is 2.87. The molecule has 5 heteroatoms. The molecule has 0 saturated carbocycles. The molecule has 1 heterocycles. The van der Waals surface area contributed by atoms with Crippen LogP contribution in [0.1, 0.15) is 59.8 Å². The van der Waals surface area contributed by atoms with E-state index in [-0.39, 0.29) is 6.09 Å². The quantitative estimate of drug-likeness (QED) is 0.720. The number of ketones is 1. The van der Waals surface area contributed by atoms with Gasteiger partial charge in [-0.1, -0.05) is 6.92 Å². The van der Waals surface area contributed by atoms with Crippen LogP contribution in [0.4, 0.5) is 4.79 Å². The zero-order valence-corrected chi connectivity index (χ0v) is 15.6. The molecular formula is C18H34N2O3. The van der Waals surface area contributed by atoms with E-state index in [0.717, 1.165) is 45.4 Å². The summed E-state index contributed by atoms with van der Waals surface area (Å²) in [5.74, 6) is 0.903. The fourth-order valence-electron chi connectivity index (χ4n) is 2.87. The van der Waals surface area contributed by atoms with Crippen molar-refractivity contribution in [3.8, 4) is 0 Å². The lowest BCUT2D eigenvalue weighted by molar-refractivity contribution is -0.118. The van der Waals surface area contributed by atoms with E-state index < -0.39 is 5.60 Å². The van der Waals surface area contributed by atoms with Gasteiger partial charge in [0, 0.05) is 26.4 Å². The Bertz CT molecular complexity index is 382. The van der Waals surface area contributed by atoms with Gasteiger partial charge in [0.2, 0.25) is 0 Å². The van der Waals surface area contributed by atoms with Crippen LogP contribution in [0.5, 0.6) is 0 Å². The zero-order chi connectivity index (χ0) is 17.5. The lowest BCUT2D eigenvalue weighted by Crippen LogP contribution is -2.41. The largest absolute Gasteiger partial charge is 0.444 e. The Labute approximate surface area is 141 Å². The van der Waals surface area contributed by atoms with Crippen molar-refractivity contribution in [1.29, 1.82) is 0 Å². The molecule has 0 aromatic carbocycles. The maximum absolute atomic E-state index is 12.0. The van der Waals surface area contributed by atoms with Crippen molar-refractivity contribution in [2.24, 2.45) is 5.92 Å². The third-order valence-corrected chi connectivity index (χ3v) is 4.27. The number of carbonyl (C=O) groups excluding carboxylic acids is 2. The summed E-state index contributed by atoms with van der Waals surface area (Å²) in [4.78, 5) is 27.5. The number of piperidine rings is 1. The molecule has 0 radical (unpaired) electrons. The van der Waals surface area contributed by atoms with Crippen molar-refractivity contribution in [2.75, 3.05) is 33.2 Å². The highest BCUT2D eigenvalue weighted by atomic mass is 16.6. The third kappa shape index (κ3) is 8.35. The van der Waals surface area contributed by atoms with E-state index in [2.05, 4.69) is 4.90 Å². The molecule has 0 N–H and O–H groups in total. The smallest absolute Gasteiger partial charge is 0.410 e. The summed E-state index contributed by atoms with van der Waals surface area (Å²) >= 11 is 0. The van der Waals surface area contributed by atoms with E-state index in [1.54, 1.807) is 4.90 Å². The van der Waals surface area contributed by atoms with E-state index in [9.17, 15) is 9.59 Å². The number of hydrogen-bond acceptors (Lipinski definition) is 4. The standard InChI is InChI=1S/C18H34N2O3/c1-6-16(21)8-7-11-20-12-9-15(10-13-20)14-19(5)17(22)23-18(2,3)4/h15H,6-14H2,1-5H3. The van der Waals surface area contributed by atoms with Gasteiger partial charge in [0.15, 0.2) is 0 Å². The third-order valence-electron chi connectivity index (χ3n) is 4.27. The Morgan fingerprint density at radius 1 is 1.22 bits per heavy atom. The van der Waals surface area contributed by atoms with E-state index >= 15 is 0 Å². The Morgan fingerprint density at radius 2 is 1.83 bits per heavy atom. The lowest BCUT2D eigenvalue weighted by Gasteiger charge is -2.34. The van der Waals surface area contributed by atoms with Crippen molar-refractivity contribution in [3.63, 3.8) is 0 Å². The first-order valence-electron chi connectivity index (χ1n) is 8.89. The second-order valence-electron chi connectivity index (χ2n) is 7.64. The van der Waals surface area contributed by atoms with Crippen LogP contribution < -0.4 is 0 Å². The van der Waals surface area contributed by atoms with Crippen LogP contribution in [-0.4, -0.2) is 60.5 Å². The van der Waals surface area contributed by atoms with Gasteiger partial charge in [-0.2, -0.15) is 0 Å². The van der Waals surface area contributed by atoms with Gasteiger partial charge in [0.05, 0.1) is 0 Å². The van der Waals surface area contributed by atoms with E-state index in [1.807, 2.05) is 34.7 Å². The van der Waals surface area contributed by atoms with Crippen molar-refractivity contribution in [3.05, 3.63) is 0 Å². The minimum absolute atomic E-state index is 0.238. The molecule has 5 nitrogen and oxygen atoms in total. The Hall–Kier alpha value is -1.10. The number of ether oxygens (including phenoxy) is 1. The number of carbonyl (C=O) groups is 2. The monoisotopic (exact) mass is 326 g/mol. The molecule has 1 saturated heterocycles. The minimum atomic E-state index is -0.440. The molecule has 1 aliphatic heterocycles. The van der Waals surface area contributed by atoms with Crippen molar-refractivity contribution >= 4 is 11.9 Å². The molecule has 1 aliphatic rings. The highest BCUT2D eigenvalue weighted by molar-refractivity contribution is 5.77. The highest BCUT2D eigenvalue weighted by Gasteiger charge is 2.24. The van der Waals surface area contributed by atoms with Crippen molar-refractivity contribution in [1.82, 2.24) is 9.80 Å². The van der Waals surface area contributed by atoms with Gasteiger partial charge in [0.25, 0.3) is 0 Å². The van der Waals surface area contributed by atoms with Gasteiger partial charge >= 0.3 is 6.09 Å². The second kappa shape index (κ2) is 9.26. The normalized spacial score (nSPS) is 17.1. The lowest BCUT2D eigenvalue weighted by atomic mass is 9.96.